The molecule has 0 bridgehead atoms. The van der Waals surface area contributed by atoms with Gasteiger partial charge in [0.15, 0.2) is 0 Å². The predicted octanol–water partition coefficient (Wildman–Crippen LogP) is 2.67. The van der Waals surface area contributed by atoms with E-state index in [0.717, 1.165) is 5.56 Å². The van der Waals surface area contributed by atoms with Crippen molar-refractivity contribution in [1.82, 2.24) is 9.80 Å². The van der Waals surface area contributed by atoms with Crippen molar-refractivity contribution >= 4 is 41.5 Å². The van der Waals surface area contributed by atoms with Gasteiger partial charge in [-0.2, -0.15) is 0 Å². The number of carbonyl (C=O) groups is 4. The van der Waals surface area contributed by atoms with E-state index >= 15 is 0 Å². The summed E-state index contributed by atoms with van der Waals surface area (Å²) in [5.74, 6) is -2.57. The van der Waals surface area contributed by atoms with Crippen LogP contribution in [0.25, 0.3) is 0 Å². The van der Waals surface area contributed by atoms with Crippen LogP contribution in [0.5, 0.6) is 5.75 Å². The zero-order chi connectivity index (χ0) is 28.7. The molecule has 0 aromatic heterocycles. The minimum absolute atomic E-state index is 0.0342. The number of aldehydes is 1. The van der Waals surface area contributed by atoms with E-state index in [1.807, 2.05) is 11.8 Å². The number of aliphatic carboxylic acids is 1. The first-order valence-electron chi connectivity index (χ1n) is 13.1. The molecule has 5 rings (SSSR count). The molecule has 3 aliphatic rings. The largest absolute Gasteiger partial charge is 0.508 e. The van der Waals surface area contributed by atoms with Crippen molar-refractivity contribution in [1.29, 1.82) is 0 Å². The van der Waals surface area contributed by atoms with Gasteiger partial charge in [0, 0.05) is 40.4 Å². The van der Waals surface area contributed by atoms with Crippen molar-refractivity contribution in [3.05, 3.63) is 70.3 Å². The number of anilines is 1. The van der Waals surface area contributed by atoms with Gasteiger partial charge in [0.25, 0.3) is 0 Å². The molecule has 4 N–H and O–H groups in total. The Morgan fingerprint density at radius 1 is 1.20 bits per heavy atom. The molecule has 10 nitrogen and oxygen atoms in total. The van der Waals surface area contributed by atoms with Crippen LogP contribution in [0, 0.1) is 11.8 Å². The van der Waals surface area contributed by atoms with E-state index < -0.39 is 30.1 Å². The third-order valence-electron chi connectivity index (χ3n) is 7.88. The summed E-state index contributed by atoms with van der Waals surface area (Å²) >= 11 is 1.39. The van der Waals surface area contributed by atoms with Gasteiger partial charge >= 0.3 is 5.97 Å². The number of nitrogens with one attached hydrogen (secondary N) is 1. The average Bonchev–Trinajstić information content (AvgIpc) is 3.42. The van der Waals surface area contributed by atoms with E-state index in [0.29, 0.717) is 42.0 Å². The van der Waals surface area contributed by atoms with E-state index in [-0.39, 0.29) is 34.4 Å². The first-order chi connectivity index (χ1) is 19.1. The molecule has 6 atom stereocenters. The van der Waals surface area contributed by atoms with Gasteiger partial charge in [-0.3, -0.25) is 19.3 Å². The standard InChI is InChI=1S/C29H31N3O7S/c1-15-24-23(16(2)34)28(37)32(24)25(29(38)39)26(15)40-21-11-22(27(36)30-19-5-3-4-18(10-19)14-33)31(13-21)12-17-6-8-20(35)9-7-17/h3-10,14-16,21-24,34-35H,11-13H2,1-2H3,(H,30,36)(H,38,39)/t15-,16-,21+,22+,23-,24-/m1/s1. The number of phenolic OH excluding ortho intramolecular Hbond substituents is 1. The number of nitrogens with zero attached hydrogens (tertiary/aromatic N) is 2. The third kappa shape index (κ3) is 5.12. The number of phenols is 1. The third-order valence-corrected chi connectivity index (χ3v) is 9.38. The van der Waals surface area contributed by atoms with E-state index in [9.17, 15) is 34.5 Å². The second-order valence-electron chi connectivity index (χ2n) is 10.6. The van der Waals surface area contributed by atoms with E-state index in [1.165, 1.54) is 16.7 Å². The second kappa shape index (κ2) is 11.1. The Bertz CT molecular complexity index is 1380. The Labute approximate surface area is 235 Å². The van der Waals surface area contributed by atoms with Crippen molar-refractivity contribution < 1.29 is 34.5 Å². The Morgan fingerprint density at radius 3 is 2.58 bits per heavy atom. The summed E-state index contributed by atoms with van der Waals surface area (Å²) in [5, 5.41) is 32.6. The van der Waals surface area contributed by atoms with Crippen molar-refractivity contribution in [2.24, 2.45) is 11.8 Å². The van der Waals surface area contributed by atoms with Crippen LogP contribution < -0.4 is 5.32 Å². The molecule has 210 valence electrons. The lowest BCUT2D eigenvalue weighted by atomic mass is 9.79. The zero-order valence-electron chi connectivity index (χ0n) is 22.1. The molecule has 11 heteroatoms. The molecule has 2 aromatic rings. The fourth-order valence-electron chi connectivity index (χ4n) is 6.00. The number of β-lactam (4-membered cyclic amide) rings is 1. The van der Waals surface area contributed by atoms with Crippen LogP contribution in [0.3, 0.4) is 0 Å². The number of thioether (sulfide) groups is 1. The number of likely N-dealkylation sites (tertiary alicyclic amines) is 1. The van der Waals surface area contributed by atoms with Crippen LogP contribution in [-0.2, 0) is 20.9 Å². The lowest BCUT2D eigenvalue weighted by molar-refractivity contribution is -0.163. The van der Waals surface area contributed by atoms with Crippen LogP contribution >= 0.6 is 11.8 Å². The van der Waals surface area contributed by atoms with Gasteiger partial charge in [-0.25, -0.2) is 4.79 Å². The van der Waals surface area contributed by atoms with Gasteiger partial charge in [-0.1, -0.05) is 31.2 Å². The number of carboxylic acids is 1. The summed E-state index contributed by atoms with van der Waals surface area (Å²) in [7, 11) is 0. The van der Waals surface area contributed by atoms with Crippen LogP contribution in [-0.4, -0.2) is 79.2 Å². The molecule has 0 radical (unpaired) electrons. The number of hydrogen-bond acceptors (Lipinski definition) is 8. The number of aromatic hydroxyl groups is 1. The monoisotopic (exact) mass is 565 g/mol. The molecule has 3 aliphatic heterocycles. The number of hydrogen-bond donors (Lipinski definition) is 4. The molecule has 40 heavy (non-hydrogen) atoms. The fourth-order valence-corrected chi connectivity index (χ4v) is 7.56. The highest BCUT2D eigenvalue weighted by Gasteiger charge is 2.60. The summed E-state index contributed by atoms with van der Waals surface area (Å²) in [6.07, 6.45) is 0.263. The van der Waals surface area contributed by atoms with Crippen LogP contribution in [0.4, 0.5) is 5.69 Å². The van der Waals surface area contributed by atoms with Crippen molar-refractivity contribution in [2.45, 2.75) is 50.3 Å². The summed E-state index contributed by atoms with van der Waals surface area (Å²) in [4.78, 5) is 53.6. The highest BCUT2D eigenvalue weighted by molar-refractivity contribution is 8.03. The maximum Gasteiger partial charge on any atom is 0.353 e. The maximum atomic E-state index is 13.5. The molecular weight excluding hydrogens is 534 g/mol. The van der Waals surface area contributed by atoms with Gasteiger partial charge in [0.1, 0.15) is 17.7 Å². The van der Waals surface area contributed by atoms with Crippen molar-refractivity contribution in [2.75, 3.05) is 11.9 Å². The van der Waals surface area contributed by atoms with Crippen LogP contribution in [0.1, 0.15) is 36.2 Å². The summed E-state index contributed by atoms with van der Waals surface area (Å²) in [6, 6.07) is 12.4. The number of amides is 2. The Morgan fingerprint density at radius 2 is 1.93 bits per heavy atom. The number of aliphatic hydroxyl groups excluding tert-OH is 1. The van der Waals surface area contributed by atoms with Gasteiger partial charge in [0.2, 0.25) is 11.8 Å². The van der Waals surface area contributed by atoms with Gasteiger partial charge < -0.3 is 25.5 Å². The molecule has 3 heterocycles. The van der Waals surface area contributed by atoms with Crippen LogP contribution in [0.2, 0.25) is 0 Å². The SMILES string of the molecule is C[C@@H](O)[C@H]1C(=O)N2C(C(=O)O)=C(S[C@H]3C[C@@H](C(=O)Nc4cccc(C=O)c4)N(Cc4ccc(O)cc4)C3)[C@H](C)[C@H]12. The lowest BCUT2D eigenvalue weighted by Gasteiger charge is -2.46. The summed E-state index contributed by atoms with van der Waals surface area (Å²) in [6.45, 7) is 4.34. The zero-order valence-corrected chi connectivity index (χ0v) is 22.9. The lowest BCUT2D eigenvalue weighted by Crippen LogP contribution is -2.63. The number of rotatable bonds is 9. The van der Waals surface area contributed by atoms with Crippen LogP contribution in [0.15, 0.2) is 59.1 Å². The van der Waals surface area contributed by atoms with Gasteiger partial charge in [-0.05, 0) is 43.2 Å². The number of aliphatic hydroxyl groups is 1. The fraction of sp³-hybridized carbons (Fsp3) is 0.379. The van der Waals surface area contributed by atoms with E-state index in [4.69, 9.17) is 0 Å². The van der Waals surface area contributed by atoms with Crippen molar-refractivity contribution in [3.8, 4) is 5.75 Å². The molecule has 2 fully saturated rings. The minimum atomic E-state index is -1.18. The molecule has 0 spiro atoms. The second-order valence-corrected chi connectivity index (χ2v) is 11.9. The number of carbonyl (C=O) groups excluding carboxylic acids is 3. The summed E-state index contributed by atoms with van der Waals surface area (Å²) in [5.41, 5.74) is 1.81. The molecule has 2 saturated heterocycles. The highest BCUT2D eigenvalue weighted by atomic mass is 32.2. The quantitative estimate of drug-likeness (QED) is 0.266. The smallest absolute Gasteiger partial charge is 0.353 e. The van der Waals surface area contributed by atoms with Crippen molar-refractivity contribution in [3.63, 3.8) is 0 Å². The molecule has 2 aromatic carbocycles. The van der Waals surface area contributed by atoms with E-state index in [1.54, 1.807) is 55.5 Å². The molecule has 0 saturated carbocycles. The molecule has 0 unspecified atom stereocenters. The predicted molar refractivity (Wildman–Crippen MR) is 148 cm³/mol. The van der Waals surface area contributed by atoms with Gasteiger partial charge in [-0.15, -0.1) is 11.8 Å². The number of fused-ring (bicyclic) bond motifs is 1. The average molecular weight is 566 g/mol. The summed E-state index contributed by atoms with van der Waals surface area (Å²) < 4.78 is 0. The topological polar surface area (TPSA) is 147 Å². The minimum Gasteiger partial charge on any atom is -0.508 e. The Hall–Kier alpha value is -3.67. The maximum absolute atomic E-state index is 13.5. The normalized spacial score (nSPS) is 26.8. The first kappa shape index (κ1) is 27.9. The number of benzene rings is 2. The molecular formula is C29H31N3O7S. The molecule has 0 aliphatic carbocycles. The molecule has 2 amide bonds. The van der Waals surface area contributed by atoms with E-state index in [2.05, 4.69) is 5.32 Å². The highest BCUT2D eigenvalue weighted by Crippen LogP contribution is 2.52. The Kier molecular flexibility index (Phi) is 7.72. The van der Waals surface area contributed by atoms with Gasteiger partial charge in [0.05, 0.1) is 24.1 Å². The first-order valence-corrected chi connectivity index (χ1v) is 14.0. The Balaban J connectivity index is 1.39. The number of carboxylic acid groups (broad SMARTS) is 1.